The highest BCUT2D eigenvalue weighted by Crippen LogP contribution is 2.54. The third-order valence-corrected chi connectivity index (χ3v) is 12.1. The van der Waals surface area contributed by atoms with Gasteiger partial charge in [-0.15, -0.1) is 0 Å². The Kier molecular flexibility index (Phi) is 6.61. The maximum absolute atomic E-state index is 6.34. The van der Waals surface area contributed by atoms with E-state index in [1.165, 1.54) is 49.9 Å². The van der Waals surface area contributed by atoms with Gasteiger partial charge in [-0.25, -0.2) is 15.0 Å². The maximum atomic E-state index is 6.34. The first-order valence-corrected chi connectivity index (χ1v) is 19.0. The van der Waals surface area contributed by atoms with Crippen LogP contribution in [0.15, 0.2) is 156 Å². The van der Waals surface area contributed by atoms with Crippen molar-refractivity contribution < 1.29 is 4.42 Å². The van der Waals surface area contributed by atoms with Gasteiger partial charge in [0.25, 0.3) is 0 Å². The molecule has 262 valence electrons. The first kappa shape index (κ1) is 31.8. The zero-order chi connectivity index (χ0) is 37.1. The molecule has 2 aliphatic rings. The number of hydrogen-bond acceptors (Lipinski definition) is 4. The van der Waals surface area contributed by atoms with Gasteiger partial charge in [0.05, 0.1) is 0 Å². The SMILES string of the molecule is CC1(C)c2ccccc2-c2ccc(-c3nc(-c4cccc(-c5ccccc5)c4)nc(-c4ccc5c(c4)-c4ccc6oc7ccccc7c6c4C5(C)C)n3)cc21. The minimum absolute atomic E-state index is 0.142. The summed E-state index contributed by atoms with van der Waals surface area (Å²) in [4.78, 5) is 15.7. The Bertz CT molecular complexity index is 3040. The highest BCUT2D eigenvalue weighted by Gasteiger charge is 2.39. The molecule has 0 radical (unpaired) electrons. The number of aromatic nitrogens is 3. The molecule has 2 heterocycles. The molecule has 0 saturated heterocycles. The Morgan fingerprint density at radius 3 is 1.80 bits per heavy atom. The molecule has 0 saturated carbocycles. The van der Waals surface area contributed by atoms with E-state index in [1.807, 2.05) is 12.1 Å². The topological polar surface area (TPSA) is 51.8 Å². The molecule has 0 N–H and O–H groups in total. The van der Waals surface area contributed by atoms with Crippen LogP contribution in [0.5, 0.6) is 0 Å². The lowest BCUT2D eigenvalue weighted by Crippen LogP contribution is -2.15. The van der Waals surface area contributed by atoms with Crippen molar-refractivity contribution in [3.63, 3.8) is 0 Å². The van der Waals surface area contributed by atoms with Crippen LogP contribution in [-0.2, 0) is 10.8 Å². The lowest BCUT2D eigenvalue weighted by molar-refractivity contribution is 0.657. The van der Waals surface area contributed by atoms with Crippen LogP contribution in [0.1, 0.15) is 49.9 Å². The summed E-state index contributed by atoms with van der Waals surface area (Å²) >= 11 is 0. The third kappa shape index (κ3) is 4.67. The normalized spacial score (nSPS) is 14.5. The molecule has 55 heavy (non-hydrogen) atoms. The Balaban J connectivity index is 1.10. The van der Waals surface area contributed by atoms with Gasteiger partial charge in [-0.2, -0.15) is 0 Å². The van der Waals surface area contributed by atoms with Crippen molar-refractivity contribution in [2.45, 2.75) is 38.5 Å². The van der Waals surface area contributed by atoms with Crippen molar-refractivity contribution in [1.82, 2.24) is 15.0 Å². The van der Waals surface area contributed by atoms with Crippen molar-refractivity contribution in [2.24, 2.45) is 0 Å². The van der Waals surface area contributed by atoms with Crippen molar-refractivity contribution in [2.75, 3.05) is 0 Å². The second-order valence-electron chi connectivity index (χ2n) is 16.0. The number of nitrogens with zero attached hydrogens (tertiary/aromatic N) is 3. The summed E-state index contributed by atoms with van der Waals surface area (Å²) in [5.41, 5.74) is 16.8. The largest absolute Gasteiger partial charge is 0.456 e. The third-order valence-electron chi connectivity index (χ3n) is 12.1. The van der Waals surface area contributed by atoms with Gasteiger partial charge in [-0.3, -0.25) is 0 Å². The van der Waals surface area contributed by atoms with Crippen LogP contribution in [0.2, 0.25) is 0 Å². The monoisotopic (exact) mass is 707 g/mol. The summed E-state index contributed by atoms with van der Waals surface area (Å²) in [6, 6.07) is 53.9. The molecule has 9 aromatic rings. The molecule has 0 amide bonds. The van der Waals surface area contributed by atoms with E-state index in [1.54, 1.807) is 0 Å². The van der Waals surface area contributed by atoms with Crippen LogP contribution in [0.4, 0.5) is 0 Å². The number of furan rings is 1. The van der Waals surface area contributed by atoms with E-state index in [9.17, 15) is 0 Å². The number of benzene rings is 7. The van der Waals surface area contributed by atoms with Crippen molar-refractivity contribution in [3.05, 3.63) is 174 Å². The molecule has 0 unspecified atom stereocenters. The number of fused-ring (bicyclic) bond motifs is 10. The van der Waals surface area contributed by atoms with E-state index < -0.39 is 0 Å². The second kappa shape index (κ2) is 11.4. The molecule has 4 nitrogen and oxygen atoms in total. The summed E-state index contributed by atoms with van der Waals surface area (Å²) in [6.07, 6.45) is 0. The van der Waals surface area contributed by atoms with E-state index in [0.29, 0.717) is 17.5 Å². The van der Waals surface area contributed by atoms with E-state index in [0.717, 1.165) is 44.4 Å². The molecular formula is C51H37N3O. The molecule has 2 aromatic heterocycles. The first-order chi connectivity index (χ1) is 26.8. The van der Waals surface area contributed by atoms with Gasteiger partial charge in [0, 0.05) is 38.3 Å². The Morgan fingerprint density at radius 2 is 0.982 bits per heavy atom. The van der Waals surface area contributed by atoms with Crippen LogP contribution in [0.25, 0.3) is 89.5 Å². The zero-order valence-electron chi connectivity index (χ0n) is 31.2. The summed E-state index contributed by atoms with van der Waals surface area (Å²) in [6.45, 7) is 9.27. The van der Waals surface area contributed by atoms with Crippen LogP contribution < -0.4 is 0 Å². The minimum Gasteiger partial charge on any atom is -0.456 e. The maximum Gasteiger partial charge on any atom is 0.164 e. The van der Waals surface area contributed by atoms with Gasteiger partial charge < -0.3 is 4.42 Å². The molecule has 0 fully saturated rings. The summed E-state index contributed by atoms with van der Waals surface area (Å²) in [7, 11) is 0. The molecular weight excluding hydrogens is 671 g/mol. The molecule has 4 heteroatoms. The van der Waals surface area contributed by atoms with Crippen LogP contribution >= 0.6 is 0 Å². The molecule has 0 atom stereocenters. The fourth-order valence-electron chi connectivity index (χ4n) is 9.35. The molecule has 0 spiro atoms. The number of para-hydroxylation sites is 1. The molecule has 0 aliphatic heterocycles. The Labute approximate surface area is 320 Å². The fourth-order valence-corrected chi connectivity index (χ4v) is 9.35. The molecule has 2 aliphatic carbocycles. The summed E-state index contributed by atoms with van der Waals surface area (Å²) in [5.74, 6) is 1.96. The number of rotatable bonds is 4. The lowest BCUT2D eigenvalue weighted by Gasteiger charge is -2.22. The van der Waals surface area contributed by atoms with E-state index in [4.69, 9.17) is 19.4 Å². The van der Waals surface area contributed by atoms with Gasteiger partial charge in [0.1, 0.15) is 11.2 Å². The first-order valence-electron chi connectivity index (χ1n) is 19.0. The fraction of sp³-hybridized carbons (Fsp3) is 0.118. The lowest BCUT2D eigenvalue weighted by atomic mass is 9.80. The molecule has 0 bridgehead atoms. The minimum atomic E-state index is -0.225. The molecule has 7 aromatic carbocycles. The average Bonchev–Trinajstić information content (AvgIpc) is 3.80. The predicted octanol–water partition coefficient (Wildman–Crippen LogP) is 13.1. The van der Waals surface area contributed by atoms with Gasteiger partial charge in [-0.1, -0.05) is 149 Å². The predicted molar refractivity (Wildman–Crippen MR) is 224 cm³/mol. The molecule has 11 rings (SSSR count). The standard InChI is InChI=1S/C51H37N3O/c1-50(2)40-19-10-8-17-35(40)36-23-21-34(29-42(36)50)49-53-47(32-16-12-15-31(27-32)30-13-6-5-7-14-30)52-48(54-49)33-22-25-41-39(28-33)37-24-26-44-45(46(37)51(41,3)4)38-18-9-11-20-43(38)55-44/h5-29H,1-4H3. The van der Waals surface area contributed by atoms with Gasteiger partial charge >= 0.3 is 0 Å². The van der Waals surface area contributed by atoms with Crippen LogP contribution in [-0.4, -0.2) is 15.0 Å². The van der Waals surface area contributed by atoms with Gasteiger partial charge in [-0.05, 0) is 86.0 Å². The Hall–Kier alpha value is -6.65. The van der Waals surface area contributed by atoms with E-state index >= 15 is 0 Å². The average molecular weight is 708 g/mol. The van der Waals surface area contributed by atoms with Crippen molar-refractivity contribution in [3.8, 4) is 67.5 Å². The second-order valence-corrected chi connectivity index (χ2v) is 16.0. The zero-order valence-corrected chi connectivity index (χ0v) is 31.2. The quantitative estimate of drug-likeness (QED) is 0.183. The van der Waals surface area contributed by atoms with E-state index in [-0.39, 0.29) is 10.8 Å². The van der Waals surface area contributed by atoms with Gasteiger partial charge in [0.2, 0.25) is 0 Å². The van der Waals surface area contributed by atoms with E-state index in [2.05, 4.69) is 167 Å². The highest BCUT2D eigenvalue weighted by atomic mass is 16.3. The van der Waals surface area contributed by atoms with Crippen LogP contribution in [0, 0.1) is 0 Å². The van der Waals surface area contributed by atoms with Crippen LogP contribution in [0.3, 0.4) is 0 Å². The summed E-state index contributed by atoms with van der Waals surface area (Å²) in [5, 5.41) is 2.35. The van der Waals surface area contributed by atoms with Gasteiger partial charge in [0.15, 0.2) is 17.5 Å². The smallest absolute Gasteiger partial charge is 0.164 e. The highest BCUT2D eigenvalue weighted by molar-refractivity contribution is 6.11. The van der Waals surface area contributed by atoms with Crippen molar-refractivity contribution in [1.29, 1.82) is 0 Å². The van der Waals surface area contributed by atoms with Crippen molar-refractivity contribution >= 4 is 21.9 Å². The summed E-state index contributed by atoms with van der Waals surface area (Å²) < 4.78 is 6.34. The Morgan fingerprint density at radius 1 is 0.382 bits per heavy atom. The number of hydrogen-bond donors (Lipinski definition) is 0.